The molecule has 6 nitrogen and oxygen atoms in total. The molecule has 1 aromatic rings. The zero-order valence-electron chi connectivity index (χ0n) is 9.60. The zero-order valence-corrected chi connectivity index (χ0v) is 10.4. The van der Waals surface area contributed by atoms with Crippen LogP contribution < -0.4 is 10.0 Å². The Balaban J connectivity index is 2.84. The number of anilines is 1. The van der Waals surface area contributed by atoms with Gasteiger partial charge in [0.1, 0.15) is 5.82 Å². The van der Waals surface area contributed by atoms with Crippen LogP contribution in [0, 0.1) is 5.82 Å². The Morgan fingerprint density at radius 1 is 1.44 bits per heavy atom. The molecule has 0 heterocycles. The van der Waals surface area contributed by atoms with Gasteiger partial charge in [-0.25, -0.2) is 17.5 Å². The van der Waals surface area contributed by atoms with Gasteiger partial charge in [-0.3, -0.25) is 4.79 Å². The van der Waals surface area contributed by atoms with Crippen LogP contribution in [0.1, 0.15) is 6.42 Å². The molecule has 0 saturated heterocycles. The number of sulfonamides is 1. The van der Waals surface area contributed by atoms with Crippen LogP contribution in [0.5, 0.6) is 0 Å². The monoisotopic (exact) mass is 276 g/mol. The van der Waals surface area contributed by atoms with Crippen LogP contribution >= 0.6 is 0 Å². The quantitative estimate of drug-likeness (QED) is 0.708. The van der Waals surface area contributed by atoms with Crippen molar-refractivity contribution in [2.24, 2.45) is 0 Å². The van der Waals surface area contributed by atoms with Crippen molar-refractivity contribution in [3.8, 4) is 0 Å². The lowest BCUT2D eigenvalue weighted by Gasteiger charge is -2.08. The fourth-order valence-electron chi connectivity index (χ4n) is 1.23. The van der Waals surface area contributed by atoms with Gasteiger partial charge in [-0.05, 0) is 25.2 Å². The second kappa shape index (κ2) is 5.78. The molecular formula is C10H13FN2O4S. The molecule has 0 radical (unpaired) electrons. The minimum atomic E-state index is -3.68. The first kappa shape index (κ1) is 14.4. The van der Waals surface area contributed by atoms with Gasteiger partial charge in [-0.15, -0.1) is 0 Å². The standard InChI is InChI=1S/C10H13FN2O4S/c1-12-18(16,17)7-2-3-9(8(11)6-7)13-5-4-10(14)15/h2-3,6,12-13H,4-5H2,1H3,(H,14,15). The van der Waals surface area contributed by atoms with Gasteiger partial charge < -0.3 is 10.4 Å². The van der Waals surface area contributed by atoms with Crippen molar-refractivity contribution in [1.82, 2.24) is 4.72 Å². The average molecular weight is 276 g/mol. The molecule has 0 aliphatic carbocycles. The molecule has 100 valence electrons. The lowest BCUT2D eigenvalue weighted by atomic mass is 10.3. The highest BCUT2D eigenvalue weighted by atomic mass is 32.2. The molecule has 0 aromatic heterocycles. The minimum absolute atomic E-state index is 0.0599. The predicted octanol–water partition coefficient (Wildman–Crippen LogP) is 0.620. The summed E-state index contributed by atoms with van der Waals surface area (Å²) in [5.41, 5.74) is 0.0614. The van der Waals surface area contributed by atoms with Crippen molar-refractivity contribution in [3.05, 3.63) is 24.0 Å². The smallest absolute Gasteiger partial charge is 0.305 e. The number of nitrogens with one attached hydrogen (secondary N) is 2. The fourth-order valence-corrected chi connectivity index (χ4v) is 1.97. The lowest BCUT2D eigenvalue weighted by Crippen LogP contribution is -2.19. The third-order valence-corrected chi connectivity index (χ3v) is 3.59. The summed E-state index contributed by atoms with van der Waals surface area (Å²) in [5.74, 6) is -1.76. The molecule has 0 saturated carbocycles. The first-order chi connectivity index (χ1) is 8.36. The molecule has 8 heteroatoms. The van der Waals surface area contributed by atoms with Crippen LogP contribution in [0.3, 0.4) is 0 Å². The molecule has 0 fully saturated rings. The van der Waals surface area contributed by atoms with Crippen LogP contribution in [0.15, 0.2) is 23.1 Å². The van der Waals surface area contributed by atoms with E-state index < -0.39 is 21.8 Å². The van der Waals surface area contributed by atoms with E-state index in [1.165, 1.54) is 19.2 Å². The maximum atomic E-state index is 13.5. The normalized spacial score (nSPS) is 11.2. The zero-order chi connectivity index (χ0) is 13.8. The van der Waals surface area contributed by atoms with Crippen molar-refractivity contribution >= 4 is 21.7 Å². The Hall–Kier alpha value is -1.67. The summed E-state index contributed by atoms with van der Waals surface area (Å²) in [6.45, 7) is 0.0599. The molecular weight excluding hydrogens is 263 g/mol. The van der Waals surface area contributed by atoms with E-state index in [2.05, 4.69) is 10.0 Å². The van der Waals surface area contributed by atoms with Gasteiger partial charge >= 0.3 is 5.97 Å². The SMILES string of the molecule is CNS(=O)(=O)c1ccc(NCCC(=O)O)c(F)c1. The Bertz CT molecular complexity index is 545. The number of hydrogen-bond acceptors (Lipinski definition) is 4. The lowest BCUT2D eigenvalue weighted by molar-refractivity contribution is -0.136. The number of halogens is 1. The number of carboxylic acid groups (broad SMARTS) is 1. The number of aliphatic carboxylic acids is 1. The van der Waals surface area contributed by atoms with E-state index in [-0.39, 0.29) is 23.5 Å². The van der Waals surface area contributed by atoms with Gasteiger partial charge in [-0.1, -0.05) is 0 Å². The number of carboxylic acids is 1. The molecule has 18 heavy (non-hydrogen) atoms. The molecule has 0 unspecified atom stereocenters. The Morgan fingerprint density at radius 3 is 2.61 bits per heavy atom. The van der Waals surface area contributed by atoms with E-state index >= 15 is 0 Å². The molecule has 0 amide bonds. The van der Waals surface area contributed by atoms with Crippen molar-refractivity contribution in [2.45, 2.75) is 11.3 Å². The maximum absolute atomic E-state index is 13.5. The molecule has 1 aromatic carbocycles. The van der Waals surface area contributed by atoms with Gasteiger partial charge in [0.2, 0.25) is 10.0 Å². The first-order valence-corrected chi connectivity index (χ1v) is 6.54. The molecule has 0 aliphatic rings. The molecule has 1 rings (SSSR count). The number of carbonyl (C=O) groups is 1. The van der Waals surface area contributed by atoms with E-state index in [0.29, 0.717) is 0 Å². The van der Waals surface area contributed by atoms with E-state index in [1.54, 1.807) is 0 Å². The third kappa shape index (κ3) is 3.67. The van der Waals surface area contributed by atoms with Crippen LogP contribution in [-0.2, 0) is 14.8 Å². The Kier molecular flexibility index (Phi) is 4.62. The van der Waals surface area contributed by atoms with Gasteiger partial charge in [0.25, 0.3) is 0 Å². The summed E-state index contributed by atoms with van der Waals surface area (Å²) in [6.07, 6.45) is -0.157. The predicted molar refractivity (Wildman–Crippen MR) is 63.4 cm³/mol. The summed E-state index contributed by atoms with van der Waals surface area (Å²) in [7, 11) is -2.45. The molecule has 0 bridgehead atoms. The average Bonchev–Trinajstić information content (AvgIpc) is 2.30. The number of rotatable bonds is 6. The summed E-state index contributed by atoms with van der Waals surface area (Å²) >= 11 is 0. The van der Waals surface area contributed by atoms with Crippen molar-refractivity contribution in [3.63, 3.8) is 0 Å². The minimum Gasteiger partial charge on any atom is -0.481 e. The van der Waals surface area contributed by atoms with Crippen LogP contribution in [0.4, 0.5) is 10.1 Å². The van der Waals surface area contributed by atoms with Gasteiger partial charge in [0.05, 0.1) is 17.0 Å². The maximum Gasteiger partial charge on any atom is 0.305 e. The largest absolute Gasteiger partial charge is 0.481 e. The summed E-state index contributed by atoms with van der Waals surface area (Å²) in [5, 5.41) is 11.0. The first-order valence-electron chi connectivity index (χ1n) is 5.05. The Labute approximate surface area is 104 Å². The molecule has 0 atom stereocenters. The highest BCUT2D eigenvalue weighted by Crippen LogP contribution is 2.18. The van der Waals surface area contributed by atoms with Crippen LogP contribution in [0.2, 0.25) is 0 Å². The number of hydrogen-bond donors (Lipinski definition) is 3. The van der Waals surface area contributed by atoms with E-state index in [1.807, 2.05) is 0 Å². The highest BCUT2D eigenvalue weighted by Gasteiger charge is 2.13. The van der Waals surface area contributed by atoms with Crippen molar-refractivity contribution in [1.29, 1.82) is 0 Å². The topological polar surface area (TPSA) is 95.5 Å². The van der Waals surface area contributed by atoms with Crippen molar-refractivity contribution in [2.75, 3.05) is 18.9 Å². The molecule has 0 aliphatic heterocycles. The highest BCUT2D eigenvalue weighted by molar-refractivity contribution is 7.89. The van der Waals surface area contributed by atoms with Crippen molar-refractivity contribution < 1.29 is 22.7 Å². The second-order valence-electron chi connectivity index (χ2n) is 3.42. The van der Waals surface area contributed by atoms with Gasteiger partial charge in [-0.2, -0.15) is 0 Å². The Morgan fingerprint density at radius 2 is 2.11 bits per heavy atom. The van der Waals surface area contributed by atoms with Gasteiger partial charge in [0.15, 0.2) is 0 Å². The summed E-state index contributed by atoms with van der Waals surface area (Å²) in [6, 6.07) is 3.36. The van der Waals surface area contributed by atoms with E-state index in [9.17, 15) is 17.6 Å². The van der Waals surface area contributed by atoms with E-state index in [0.717, 1.165) is 6.07 Å². The van der Waals surface area contributed by atoms with Crippen LogP contribution in [-0.4, -0.2) is 33.1 Å². The molecule has 0 spiro atoms. The fraction of sp³-hybridized carbons (Fsp3) is 0.300. The summed E-state index contributed by atoms with van der Waals surface area (Å²) < 4.78 is 38.4. The second-order valence-corrected chi connectivity index (χ2v) is 5.31. The molecule has 3 N–H and O–H groups in total. The van der Waals surface area contributed by atoms with Crippen LogP contribution in [0.25, 0.3) is 0 Å². The summed E-state index contributed by atoms with van der Waals surface area (Å²) in [4.78, 5) is 10.1. The van der Waals surface area contributed by atoms with E-state index in [4.69, 9.17) is 5.11 Å². The number of benzene rings is 1. The third-order valence-electron chi connectivity index (χ3n) is 2.17. The van der Waals surface area contributed by atoms with Gasteiger partial charge in [0, 0.05) is 6.54 Å².